The van der Waals surface area contributed by atoms with E-state index in [9.17, 15) is 4.39 Å². The number of hydrogen-bond acceptors (Lipinski definition) is 3. The first-order chi connectivity index (χ1) is 12.7. The lowest BCUT2D eigenvalue weighted by Gasteiger charge is -2.12. The number of nitrogens with zero attached hydrogens (tertiary/aromatic N) is 4. The van der Waals surface area contributed by atoms with Crippen LogP contribution in [0.2, 0.25) is 0 Å². The molecule has 0 amide bonds. The van der Waals surface area contributed by atoms with Gasteiger partial charge in [0.25, 0.3) is 0 Å². The molecule has 0 spiro atoms. The van der Waals surface area contributed by atoms with Crippen LogP contribution in [0.5, 0.6) is 0 Å². The standard InChI is InChI=1S/C19H21FN6.HI/c1-21-19(23-8-7-15-3-2-4-17(20)11-15)25-13-16-5-6-18(24-12-16)26-10-9-22-14-26;/h2-6,9-12,14H,7-8,13H2,1H3,(H2,21,23,25);1H. The number of halogens is 2. The van der Waals surface area contributed by atoms with Crippen LogP contribution in [0.3, 0.4) is 0 Å². The van der Waals surface area contributed by atoms with E-state index in [-0.39, 0.29) is 29.8 Å². The van der Waals surface area contributed by atoms with E-state index >= 15 is 0 Å². The summed E-state index contributed by atoms with van der Waals surface area (Å²) >= 11 is 0. The first-order valence-electron chi connectivity index (χ1n) is 8.37. The van der Waals surface area contributed by atoms with Gasteiger partial charge >= 0.3 is 0 Å². The smallest absolute Gasteiger partial charge is 0.191 e. The van der Waals surface area contributed by atoms with Crippen LogP contribution in [0.4, 0.5) is 4.39 Å². The highest BCUT2D eigenvalue weighted by molar-refractivity contribution is 14.0. The van der Waals surface area contributed by atoms with Gasteiger partial charge in [-0.1, -0.05) is 18.2 Å². The van der Waals surface area contributed by atoms with Gasteiger partial charge in [0.1, 0.15) is 18.0 Å². The molecule has 6 nitrogen and oxygen atoms in total. The summed E-state index contributed by atoms with van der Waals surface area (Å²) in [7, 11) is 1.72. The maximum absolute atomic E-state index is 13.2. The SMILES string of the molecule is CN=C(NCCc1cccc(F)c1)NCc1ccc(-n2ccnc2)nc1.I. The zero-order valence-electron chi connectivity index (χ0n) is 15.0. The fourth-order valence-electron chi connectivity index (χ4n) is 2.49. The summed E-state index contributed by atoms with van der Waals surface area (Å²) in [5.41, 5.74) is 1.99. The van der Waals surface area contributed by atoms with Crippen molar-refractivity contribution in [1.82, 2.24) is 25.2 Å². The predicted molar refractivity (Wildman–Crippen MR) is 115 cm³/mol. The quantitative estimate of drug-likeness (QED) is 0.324. The number of aliphatic imine (C=N–C) groups is 1. The average molecular weight is 480 g/mol. The number of benzene rings is 1. The molecule has 0 aliphatic carbocycles. The molecule has 0 atom stereocenters. The lowest BCUT2D eigenvalue weighted by molar-refractivity contribution is 0.625. The molecule has 3 rings (SSSR count). The fourth-order valence-corrected chi connectivity index (χ4v) is 2.49. The first-order valence-corrected chi connectivity index (χ1v) is 8.37. The van der Waals surface area contributed by atoms with E-state index in [4.69, 9.17) is 0 Å². The van der Waals surface area contributed by atoms with Crippen LogP contribution in [0, 0.1) is 5.82 Å². The Hall–Kier alpha value is -2.49. The molecule has 0 aliphatic rings. The number of hydrogen-bond donors (Lipinski definition) is 2. The van der Waals surface area contributed by atoms with Crippen molar-refractivity contribution < 1.29 is 4.39 Å². The number of nitrogens with one attached hydrogen (secondary N) is 2. The van der Waals surface area contributed by atoms with Crippen LogP contribution in [0.15, 0.2) is 66.3 Å². The highest BCUT2D eigenvalue weighted by Gasteiger charge is 2.01. The summed E-state index contributed by atoms with van der Waals surface area (Å²) in [6.07, 6.45) is 7.83. The molecule has 0 saturated heterocycles. The molecule has 2 N–H and O–H groups in total. The maximum atomic E-state index is 13.2. The molecule has 0 radical (unpaired) electrons. The van der Waals surface area contributed by atoms with Crippen LogP contribution < -0.4 is 10.6 Å². The Kier molecular flexibility index (Phi) is 8.18. The maximum Gasteiger partial charge on any atom is 0.191 e. The summed E-state index contributed by atoms with van der Waals surface area (Å²) in [5, 5.41) is 6.47. The van der Waals surface area contributed by atoms with Gasteiger partial charge in [0.15, 0.2) is 5.96 Å². The van der Waals surface area contributed by atoms with Crippen molar-refractivity contribution in [3.8, 4) is 5.82 Å². The van der Waals surface area contributed by atoms with Crippen molar-refractivity contribution in [2.24, 2.45) is 4.99 Å². The monoisotopic (exact) mass is 480 g/mol. The molecular formula is C19H22FIN6. The molecule has 2 aromatic heterocycles. The van der Waals surface area contributed by atoms with Crippen molar-refractivity contribution >= 4 is 29.9 Å². The Morgan fingerprint density at radius 2 is 2.07 bits per heavy atom. The lowest BCUT2D eigenvalue weighted by atomic mass is 10.1. The average Bonchev–Trinajstić information content (AvgIpc) is 3.20. The summed E-state index contributed by atoms with van der Waals surface area (Å²) in [6, 6.07) is 10.6. The van der Waals surface area contributed by atoms with Gasteiger partial charge in [-0.3, -0.25) is 9.56 Å². The van der Waals surface area contributed by atoms with Gasteiger partial charge in [0.2, 0.25) is 0 Å². The van der Waals surface area contributed by atoms with Gasteiger partial charge < -0.3 is 10.6 Å². The van der Waals surface area contributed by atoms with Crippen molar-refractivity contribution in [2.45, 2.75) is 13.0 Å². The van der Waals surface area contributed by atoms with Crippen molar-refractivity contribution in [2.75, 3.05) is 13.6 Å². The van der Waals surface area contributed by atoms with Crippen LogP contribution in [-0.2, 0) is 13.0 Å². The molecule has 1 aromatic carbocycles. The Bertz CT molecular complexity index is 849. The highest BCUT2D eigenvalue weighted by Crippen LogP contribution is 2.05. The van der Waals surface area contributed by atoms with E-state index in [0.717, 1.165) is 23.4 Å². The first kappa shape index (κ1) is 20.8. The number of guanidine groups is 1. The van der Waals surface area contributed by atoms with E-state index in [1.54, 1.807) is 31.7 Å². The zero-order chi connectivity index (χ0) is 18.2. The van der Waals surface area contributed by atoms with Crippen LogP contribution in [-0.4, -0.2) is 34.1 Å². The molecule has 2 heterocycles. The Balaban J connectivity index is 0.00000261. The Morgan fingerprint density at radius 3 is 2.74 bits per heavy atom. The Morgan fingerprint density at radius 1 is 1.19 bits per heavy atom. The summed E-state index contributed by atoms with van der Waals surface area (Å²) < 4.78 is 15.0. The van der Waals surface area contributed by atoms with Crippen molar-refractivity contribution in [3.63, 3.8) is 0 Å². The van der Waals surface area contributed by atoms with E-state index in [0.29, 0.717) is 19.0 Å². The zero-order valence-corrected chi connectivity index (χ0v) is 17.3. The van der Waals surface area contributed by atoms with Gasteiger partial charge in [-0.25, -0.2) is 14.4 Å². The summed E-state index contributed by atoms with van der Waals surface area (Å²) in [5.74, 6) is 1.31. The van der Waals surface area contributed by atoms with Gasteiger partial charge in [0.05, 0.1) is 0 Å². The number of imidazole rings is 1. The molecule has 0 bridgehead atoms. The van der Waals surface area contributed by atoms with Gasteiger partial charge in [-0.2, -0.15) is 0 Å². The molecular weight excluding hydrogens is 458 g/mol. The second-order valence-electron chi connectivity index (χ2n) is 5.73. The van der Waals surface area contributed by atoms with E-state index in [1.807, 2.05) is 35.2 Å². The largest absolute Gasteiger partial charge is 0.356 e. The topological polar surface area (TPSA) is 67.1 Å². The van der Waals surface area contributed by atoms with E-state index < -0.39 is 0 Å². The van der Waals surface area contributed by atoms with Crippen LogP contribution in [0.1, 0.15) is 11.1 Å². The normalized spacial score (nSPS) is 11.0. The molecule has 0 aliphatic heterocycles. The molecule has 142 valence electrons. The minimum atomic E-state index is -0.211. The number of pyridine rings is 1. The molecule has 0 saturated carbocycles. The van der Waals surface area contributed by atoms with Crippen molar-refractivity contribution in [3.05, 3.63) is 78.3 Å². The third-order valence-corrected chi connectivity index (χ3v) is 3.86. The van der Waals surface area contributed by atoms with Crippen LogP contribution >= 0.6 is 24.0 Å². The number of rotatable bonds is 6. The van der Waals surface area contributed by atoms with E-state index in [1.165, 1.54) is 6.07 Å². The highest BCUT2D eigenvalue weighted by atomic mass is 127. The Labute approximate surface area is 175 Å². The molecule has 0 fully saturated rings. The minimum absolute atomic E-state index is 0. The van der Waals surface area contributed by atoms with Crippen molar-refractivity contribution in [1.29, 1.82) is 0 Å². The fraction of sp³-hybridized carbons (Fsp3) is 0.211. The number of aromatic nitrogens is 3. The summed E-state index contributed by atoms with van der Waals surface area (Å²) in [6.45, 7) is 1.28. The minimum Gasteiger partial charge on any atom is -0.356 e. The molecule has 27 heavy (non-hydrogen) atoms. The van der Waals surface area contributed by atoms with Gasteiger partial charge in [-0.05, 0) is 35.7 Å². The van der Waals surface area contributed by atoms with Gasteiger partial charge in [0, 0.05) is 38.7 Å². The second kappa shape index (κ2) is 10.6. The molecule has 3 aromatic rings. The second-order valence-corrected chi connectivity index (χ2v) is 5.73. The predicted octanol–water partition coefficient (Wildman–Crippen LogP) is 2.93. The molecule has 8 heteroatoms. The third kappa shape index (κ3) is 6.31. The van der Waals surface area contributed by atoms with Gasteiger partial charge in [-0.15, -0.1) is 24.0 Å². The summed E-state index contributed by atoms with van der Waals surface area (Å²) in [4.78, 5) is 12.6. The third-order valence-electron chi connectivity index (χ3n) is 3.86. The molecule has 0 unspecified atom stereocenters. The van der Waals surface area contributed by atoms with Crippen LogP contribution in [0.25, 0.3) is 5.82 Å². The van der Waals surface area contributed by atoms with E-state index in [2.05, 4.69) is 25.6 Å². The lowest BCUT2D eigenvalue weighted by Crippen LogP contribution is -2.37.